The van der Waals surface area contributed by atoms with Crippen molar-refractivity contribution in [1.29, 1.82) is 0 Å². The number of benzene rings is 1. The molecule has 11 heteroatoms. The van der Waals surface area contributed by atoms with Crippen LogP contribution in [0.4, 0.5) is 13.2 Å². The molecule has 3 N–H and O–H groups in total. The zero-order chi connectivity index (χ0) is 26.8. The molecule has 1 aromatic heterocycles. The molecule has 0 aliphatic rings. The molecule has 0 saturated carbocycles. The van der Waals surface area contributed by atoms with Crippen LogP contribution in [0.25, 0.3) is 10.4 Å². The highest BCUT2D eigenvalue weighted by Gasteiger charge is 2.51. The number of nitrogens with zero attached hydrogens (tertiary/aromatic N) is 2. The number of thiazole rings is 1. The number of carbonyl (C=O) groups excluding carboxylic acids is 2. The van der Waals surface area contributed by atoms with Gasteiger partial charge < -0.3 is 20.4 Å². The number of halogens is 3. The highest BCUT2D eigenvalue weighted by Crippen LogP contribution is 2.41. The fraction of sp³-hybridized carbons (Fsp3) is 0.542. The molecule has 0 saturated heterocycles. The molecule has 1 aromatic carbocycles. The van der Waals surface area contributed by atoms with Crippen LogP contribution in [0.2, 0.25) is 0 Å². The van der Waals surface area contributed by atoms with Crippen molar-refractivity contribution in [3.05, 3.63) is 40.0 Å². The lowest BCUT2D eigenvalue weighted by atomic mass is 9.90. The topological polar surface area (TPSA) is 103 Å². The van der Waals surface area contributed by atoms with Crippen LogP contribution in [-0.4, -0.2) is 63.3 Å². The Morgan fingerprint density at radius 2 is 1.69 bits per heavy atom. The van der Waals surface area contributed by atoms with E-state index in [9.17, 15) is 33.0 Å². The molecule has 2 rings (SSSR count). The molecule has 0 radical (unpaired) electrons. The molecule has 2 amide bonds. The van der Waals surface area contributed by atoms with E-state index in [1.54, 1.807) is 20.8 Å². The van der Waals surface area contributed by atoms with Crippen LogP contribution in [0.1, 0.15) is 73.0 Å². The fourth-order valence-corrected chi connectivity index (χ4v) is 4.39. The van der Waals surface area contributed by atoms with E-state index in [1.807, 2.05) is 0 Å². The molecule has 7 nitrogen and oxygen atoms in total. The molecule has 35 heavy (non-hydrogen) atoms. The van der Waals surface area contributed by atoms with Crippen molar-refractivity contribution >= 4 is 23.2 Å². The van der Waals surface area contributed by atoms with E-state index in [4.69, 9.17) is 0 Å². The molecule has 0 bridgehead atoms. The van der Waals surface area contributed by atoms with Crippen molar-refractivity contribution in [3.8, 4) is 10.4 Å². The summed E-state index contributed by atoms with van der Waals surface area (Å²) in [4.78, 5) is 32.1. The van der Waals surface area contributed by atoms with Gasteiger partial charge in [-0.05, 0) is 57.7 Å². The van der Waals surface area contributed by atoms with Crippen molar-refractivity contribution in [2.24, 2.45) is 0 Å². The van der Waals surface area contributed by atoms with Gasteiger partial charge >= 0.3 is 6.18 Å². The third-order valence-electron chi connectivity index (χ3n) is 5.60. The zero-order valence-electron chi connectivity index (χ0n) is 20.7. The lowest BCUT2D eigenvalue weighted by Crippen LogP contribution is -2.39. The number of hydrogen-bond donors (Lipinski definition) is 3. The van der Waals surface area contributed by atoms with Gasteiger partial charge in [-0.15, -0.1) is 11.3 Å². The van der Waals surface area contributed by atoms with E-state index in [1.165, 1.54) is 36.9 Å². The Labute approximate surface area is 207 Å². The van der Waals surface area contributed by atoms with Crippen molar-refractivity contribution in [1.82, 2.24) is 15.2 Å². The first kappa shape index (κ1) is 28.7. The maximum Gasteiger partial charge on any atom is 0.421 e. The number of carbonyl (C=O) groups is 2. The maximum absolute atomic E-state index is 13.4. The van der Waals surface area contributed by atoms with Crippen LogP contribution < -0.4 is 5.32 Å². The highest BCUT2D eigenvalue weighted by atomic mass is 32.1. The summed E-state index contributed by atoms with van der Waals surface area (Å²) in [6, 6.07) is 3.85. The highest BCUT2D eigenvalue weighted by molar-refractivity contribution is 7.17. The molecule has 194 valence electrons. The first-order valence-corrected chi connectivity index (χ1v) is 12.1. The van der Waals surface area contributed by atoms with Crippen LogP contribution in [0.5, 0.6) is 0 Å². The van der Waals surface area contributed by atoms with Gasteiger partial charge in [0.05, 0.1) is 10.5 Å². The van der Waals surface area contributed by atoms with Gasteiger partial charge in [-0.1, -0.05) is 25.1 Å². The van der Waals surface area contributed by atoms with E-state index in [0.717, 1.165) is 11.3 Å². The first-order valence-electron chi connectivity index (χ1n) is 11.3. The van der Waals surface area contributed by atoms with Gasteiger partial charge in [-0.2, -0.15) is 13.2 Å². The molecule has 1 unspecified atom stereocenters. The Morgan fingerprint density at radius 3 is 2.17 bits per heavy atom. The standard InChI is InChI=1S/C24H32F3N3O4S/c1-7-14-12-15(23(6,34)24(25,26)27)10-11-16(14)18-17(21(32)30(8-2)9-3)29-20(35-18)19(31)28-13-22(4,5)33/h10-12,33-34H,7-9,13H2,1-6H3,(H,28,31). The Bertz CT molecular complexity index is 1070. The third-order valence-corrected chi connectivity index (χ3v) is 6.69. The average molecular weight is 516 g/mol. The second kappa shape index (κ2) is 10.6. The van der Waals surface area contributed by atoms with Crippen LogP contribution >= 0.6 is 11.3 Å². The Balaban J connectivity index is 2.65. The minimum absolute atomic E-state index is 0.00632. The van der Waals surface area contributed by atoms with Gasteiger partial charge in [-0.3, -0.25) is 9.59 Å². The van der Waals surface area contributed by atoms with Gasteiger partial charge in [0.1, 0.15) is 5.69 Å². The smallest absolute Gasteiger partial charge is 0.389 e. The lowest BCUT2D eigenvalue weighted by molar-refractivity contribution is -0.258. The summed E-state index contributed by atoms with van der Waals surface area (Å²) in [5.74, 6) is -0.983. The number of rotatable bonds is 9. The quantitative estimate of drug-likeness (QED) is 0.466. The average Bonchev–Trinajstić information content (AvgIpc) is 3.21. The molecular weight excluding hydrogens is 483 g/mol. The van der Waals surface area contributed by atoms with Crippen LogP contribution in [0.15, 0.2) is 18.2 Å². The summed E-state index contributed by atoms with van der Waals surface area (Å²) >= 11 is 0.949. The maximum atomic E-state index is 13.4. The summed E-state index contributed by atoms with van der Waals surface area (Å²) in [5, 5.41) is 22.6. The van der Waals surface area contributed by atoms with Crippen LogP contribution in [0, 0.1) is 0 Å². The van der Waals surface area contributed by atoms with E-state index in [-0.39, 0.29) is 22.8 Å². The van der Waals surface area contributed by atoms with E-state index < -0.39 is 29.2 Å². The largest absolute Gasteiger partial charge is 0.421 e. The number of alkyl halides is 3. The van der Waals surface area contributed by atoms with E-state index in [2.05, 4.69) is 10.3 Å². The summed E-state index contributed by atoms with van der Waals surface area (Å²) < 4.78 is 40.2. The Morgan fingerprint density at radius 1 is 1.09 bits per heavy atom. The molecular formula is C24H32F3N3O4S. The monoisotopic (exact) mass is 515 g/mol. The molecule has 0 aliphatic heterocycles. The summed E-state index contributed by atoms with van der Waals surface area (Å²) in [5.41, 5.74) is -3.58. The minimum atomic E-state index is -4.88. The molecule has 0 spiro atoms. The molecule has 2 aromatic rings. The predicted octanol–water partition coefficient (Wildman–Crippen LogP) is 4.13. The summed E-state index contributed by atoms with van der Waals surface area (Å²) in [6.45, 7) is 9.86. The number of hydrogen-bond acceptors (Lipinski definition) is 6. The van der Waals surface area contributed by atoms with Crippen molar-refractivity contribution in [2.75, 3.05) is 19.6 Å². The number of amides is 2. The van der Waals surface area contributed by atoms with Crippen molar-refractivity contribution in [2.45, 2.75) is 65.3 Å². The first-order chi connectivity index (χ1) is 16.1. The van der Waals surface area contributed by atoms with Crippen molar-refractivity contribution in [3.63, 3.8) is 0 Å². The molecule has 1 atom stereocenters. The summed E-state index contributed by atoms with van der Waals surface area (Å²) in [7, 11) is 0. The van der Waals surface area contributed by atoms with Gasteiger partial charge in [0.25, 0.3) is 11.8 Å². The predicted molar refractivity (Wildman–Crippen MR) is 128 cm³/mol. The van der Waals surface area contributed by atoms with Crippen LogP contribution in [-0.2, 0) is 12.0 Å². The van der Waals surface area contributed by atoms with E-state index >= 15 is 0 Å². The third kappa shape index (κ3) is 6.39. The fourth-order valence-electron chi connectivity index (χ4n) is 3.35. The Hall–Kier alpha value is -2.50. The normalized spacial score (nSPS) is 13.9. The number of aromatic nitrogens is 1. The van der Waals surface area contributed by atoms with Crippen LogP contribution in [0.3, 0.4) is 0 Å². The van der Waals surface area contributed by atoms with Gasteiger partial charge in [0.2, 0.25) is 0 Å². The van der Waals surface area contributed by atoms with Gasteiger partial charge in [0, 0.05) is 19.6 Å². The van der Waals surface area contributed by atoms with Crippen molar-refractivity contribution < 1.29 is 33.0 Å². The lowest BCUT2D eigenvalue weighted by Gasteiger charge is -2.27. The second-order valence-corrected chi connectivity index (χ2v) is 9.96. The number of aryl methyl sites for hydroxylation is 1. The molecule has 0 fully saturated rings. The summed E-state index contributed by atoms with van der Waals surface area (Å²) in [6.07, 6.45) is -4.56. The molecule has 1 heterocycles. The Kier molecular flexibility index (Phi) is 8.73. The van der Waals surface area contributed by atoms with E-state index in [0.29, 0.717) is 42.4 Å². The van der Waals surface area contributed by atoms with Gasteiger partial charge in [0.15, 0.2) is 10.6 Å². The minimum Gasteiger partial charge on any atom is -0.389 e. The van der Waals surface area contributed by atoms with Gasteiger partial charge in [-0.25, -0.2) is 4.98 Å². The SMILES string of the molecule is CCc1cc(C(C)(O)C(F)(F)F)ccc1-c1sc(C(=O)NCC(C)(C)O)nc1C(=O)N(CC)CC. The zero-order valence-corrected chi connectivity index (χ0v) is 21.5. The number of aliphatic hydroxyl groups is 2. The number of nitrogens with one attached hydrogen (secondary N) is 1. The second-order valence-electron chi connectivity index (χ2n) is 8.96. The molecule has 0 aliphatic carbocycles.